The molecule has 2 amide bonds. The average molecular weight is 879 g/mol. The number of carbonyl (C=O) groups is 2. The molecule has 8 rings (SSSR count). The van der Waals surface area contributed by atoms with E-state index in [1.54, 1.807) is 11.6 Å². The van der Waals surface area contributed by atoms with Gasteiger partial charge in [0.05, 0.1) is 13.2 Å². The molecule has 2 heterocycles. The molecule has 1 N–H and O–H groups in total. The lowest BCUT2D eigenvalue weighted by atomic mass is 9.52. The van der Waals surface area contributed by atoms with Crippen LogP contribution in [-0.2, 0) is 33.1 Å². The van der Waals surface area contributed by atoms with Gasteiger partial charge in [0.15, 0.2) is 0 Å². The summed E-state index contributed by atoms with van der Waals surface area (Å²) in [7, 11) is 0. The quantitative estimate of drug-likeness (QED) is 0.304. The molecule has 11 heteroatoms. The number of likely N-dealkylation sites (tertiary alicyclic amines) is 2. The van der Waals surface area contributed by atoms with Crippen LogP contribution < -0.4 is 0 Å². The van der Waals surface area contributed by atoms with Crippen LogP contribution in [0.1, 0.15) is 106 Å². The first-order chi connectivity index (χ1) is 24.0. The van der Waals surface area contributed by atoms with Crippen LogP contribution in [0.2, 0.25) is 0 Å². The first kappa shape index (κ1) is 38.0. The van der Waals surface area contributed by atoms with Crippen molar-refractivity contribution in [2.45, 2.75) is 121 Å². The monoisotopic (exact) mass is 876 g/mol. The van der Waals surface area contributed by atoms with Gasteiger partial charge in [-0.05, 0) is 118 Å². The van der Waals surface area contributed by atoms with Crippen molar-refractivity contribution in [2.75, 3.05) is 26.3 Å². The Morgan fingerprint density at radius 2 is 1.22 bits per heavy atom. The molecule has 0 radical (unpaired) electrons. The minimum Gasteiger partial charge on any atom is -0.508 e. The number of rotatable bonds is 2. The van der Waals surface area contributed by atoms with E-state index < -0.39 is 0 Å². The Balaban J connectivity index is 0.000000156. The zero-order valence-electron chi connectivity index (χ0n) is 29.8. The maximum Gasteiger partial charge on any atom is 0.410 e. The SMILES string of the molecule is BrB(Br)Br.CCOC(=O)N1CC[C@@]23CCCC[C@@H]2[C@@H]1Cc1ccc(C)cc13.CCOC(=O)N1CC[C@@]23CCCC[C@@H]2[C@@H]1Cc1ccc(O)cc13. The fourth-order valence-corrected chi connectivity index (χ4v) is 11.0. The van der Waals surface area contributed by atoms with Crippen LogP contribution in [0.4, 0.5) is 9.59 Å². The molecule has 6 aliphatic rings. The predicted octanol–water partition coefficient (Wildman–Crippen LogP) is 9.97. The molecule has 50 heavy (non-hydrogen) atoms. The molecule has 2 aromatic carbocycles. The predicted molar refractivity (Wildman–Crippen MR) is 211 cm³/mol. The number of aryl methyl sites for hydroxylation is 1. The van der Waals surface area contributed by atoms with Crippen LogP contribution in [-0.4, -0.2) is 68.7 Å². The lowest BCUT2D eigenvalue weighted by Gasteiger charge is -2.58. The Morgan fingerprint density at radius 3 is 1.70 bits per heavy atom. The summed E-state index contributed by atoms with van der Waals surface area (Å²) in [5.74, 6) is 1.49. The molecule has 2 saturated heterocycles. The van der Waals surface area contributed by atoms with Gasteiger partial charge in [-0.15, -0.1) is 47.3 Å². The number of amides is 2. The molecule has 272 valence electrons. The van der Waals surface area contributed by atoms with Crippen molar-refractivity contribution in [1.29, 1.82) is 0 Å². The third kappa shape index (κ3) is 7.27. The molecular weight excluding hydrogens is 827 g/mol. The maximum atomic E-state index is 12.4. The first-order valence-corrected chi connectivity index (χ1v) is 21.5. The van der Waals surface area contributed by atoms with Crippen LogP contribution in [0.25, 0.3) is 0 Å². The number of carbonyl (C=O) groups excluding carboxylic acids is 2. The summed E-state index contributed by atoms with van der Waals surface area (Å²) in [6, 6.07) is 13.4. The standard InChI is InChI=1S/C20H27NO2.C19H25NO3.BBr3/c1-3-23-19(22)21-11-10-20-9-5-4-6-16(20)18(21)13-15-8-7-14(2)12-17(15)20;1-2-23-18(22)20-10-9-19-8-4-3-5-15(19)17(20)11-13-6-7-14(21)12-16(13)19;2-1(3)4/h7-8,12,16,18H,3-6,9-11,13H2,1-2H3;6-7,12,15,17,21H,2-5,8-11H2,1H3;/t16-,18+,20+;15-,17+,19+;/m11./s1. The van der Waals surface area contributed by atoms with Crippen molar-refractivity contribution in [3.63, 3.8) is 0 Å². The number of piperidine rings is 2. The van der Waals surface area contributed by atoms with Crippen molar-refractivity contribution in [3.05, 3.63) is 64.2 Å². The van der Waals surface area contributed by atoms with Crippen molar-refractivity contribution >= 4 is 62.6 Å². The zero-order chi connectivity index (χ0) is 35.6. The number of phenols is 1. The number of phenolic OH excluding ortho intramolecular Hbond substituents is 1. The Morgan fingerprint density at radius 1 is 0.760 bits per heavy atom. The van der Waals surface area contributed by atoms with E-state index in [2.05, 4.69) is 78.5 Å². The van der Waals surface area contributed by atoms with Crippen LogP contribution in [0.5, 0.6) is 5.75 Å². The minimum absolute atomic E-state index is 0.104. The summed E-state index contributed by atoms with van der Waals surface area (Å²) in [5.41, 5.74) is 7.55. The maximum absolute atomic E-state index is 12.4. The van der Waals surface area contributed by atoms with E-state index in [1.807, 2.05) is 29.7 Å². The third-order valence-corrected chi connectivity index (χ3v) is 12.8. The summed E-state index contributed by atoms with van der Waals surface area (Å²) < 4.78 is 10.9. The molecule has 0 unspecified atom stereocenters. The molecule has 4 fully saturated rings. The van der Waals surface area contributed by atoms with Crippen molar-refractivity contribution in [3.8, 4) is 5.75 Å². The minimum atomic E-state index is -0.154. The Kier molecular flexibility index (Phi) is 12.3. The highest BCUT2D eigenvalue weighted by Gasteiger charge is 2.56. The highest BCUT2D eigenvalue weighted by Crippen LogP contribution is 2.57. The average Bonchev–Trinajstić information content (AvgIpc) is 3.09. The normalized spacial score (nSPS) is 30.0. The van der Waals surface area contributed by atoms with Gasteiger partial charge < -0.3 is 24.4 Å². The van der Waals surface area contributed by atoms with E-state index in [4.69, 9.17) is 9.47 Å². The second-order valence-electron chi connectivity index (χ2n) is 15.1. The van der Waals surface area contributed by atoms with E-state index in [1.165, 1.54) is 73.6 Å². The summed E-state index contributed by atoms with van der Waals surface area (Å²) in [6.07, 6.45) is 13.8. The fourth-order valence-electron chi connectivity index (χ4n) is 11.0. The Labute approximate surface area is 323 Å². The van der Waals surface area contributed by atoms with Crippen molar-refractivity contribution in [2.24, 2.45) is 11.8 Å². The van der Waals surface area contributed by atoms with Crippen LogP contribution in [0.15, 0.2) is 36.4 Å². The smallest absolute Gasteiger partial charge is 0.410 e. The van der Waals surface area contributed by atoms with E-state index in [0.717, 1.165) is 38.8 Å². The Hall–Kier alpha value is -1.72. The lowest BCUT2D eigenvalue weighted by Crippen LogP contribution is -2.62. The zero-order valence-corrected chi connectivity index (χ0v) is 34.5. The first-order valence-electron chi connectivity index (χ1n) is 18.8. The van der Waals surface area contributed by atoms with Gasteiger partial charge in [-0.2, -0.15) is 0 Å². The van der Waals surface area contributed by atoms with Crippen LogP contribution in [0.3, 0.4) is 0 Å². The van der Waals surface area contributed by atoms with Gasteiger partial charge in [0.1, 0.15) is 5.75 Å². The molecule has 4 aliphatic carbocycles. The van der Waals surface area contributed by atoms with Gasteiger partial charge in [0, 0.05) is 36.0 Å². The lowest BCUT2D eigenvalue weighted by molar-refractivity contribution is -0.0113. The van der Waals surface area contributed by atoms with Crippen LogP contribution >= 0.6 is 47.3 Å². The van der Waals surface area contributed by atoms with Crippen molar-refractivity contribution < 1.29 is 24.2 Å². The largest absolute Gasteiger partial charge is 0.508 e. The summed E-state index contributed by atoms with van der Waals surface area (Å²) in [4.78, 5) is 28.9. The van der Waals surface area contributed by atoms with Gasteiger partial charge in [-0.3, -0.25) is 0 Å². The second kappa shape index (κ2) is 16.1. The number of benzene rings is 2. The van der Waals surface area contributed by atoms with E-state index in [9.17, 15) is 14.7 Å². The van der Waals surface area contributed by atoms with Crippen LogP contribution in [0, 0.1) is 18.8 Å². The third-order valence-electron chi connectivity index (χ3n) is 12.8. The highest BCUT2D eigenvalue weighted by atomic mass is 79.9. The molecule has 2 saturated carbocycles. The molecular formula is C39H52BBr3N2O5. The van der Waals surface area contributed by atoms with Gasteiger partial charge in [-0.1, -0.05) is 55.5 Å². The van der Waals surface area contributed by atoms with Gasteiger partial charge in [0.25, 0.3) is 0 Å². The second-order valence-corrected chi connectivity index (χ2v) is 21.5. The molecule has 0 spiro atoms. The molecule has 7 nitrogen and oxygen atoms in total. The van der Waals surface area contributed by atoms with Gasteiger partial charge in [-0.25, -0.2) is 9.59 Å². The van der Waals surface area contributed by atoms with E-state index >= 15 is 0 Å². The van der Waals surface area contributed by atoms with E-state index in [-0.39, 0.29) is 26.8 Å². The number of halogens is 3. The molecule has 4 bridgehead atoms. The molecule has 2 aliphatic heterocycles. The Bertz CT molecular complexity index is 1430. The fraction of sp³-hybridized carbons (Fsp3) is 0.641. The van der Waals surface area contributed by atoms with Crippen molar-refractivity contribution in [1.82, 2.24) is 9.80 Å². The summed E-state index contributed by atoms with van der Waals surface area (Å²) in [6.45, 7) is 8.49. The summed E-state index contributed by atoms with van der Waals surface area (Å²) in [5, 5.41) is 10.00. The number of aromatic hydroxyl groups is 1. The molecule has 0 aromatic heterocycles. The number of hydrogen-bond donors (Lipinski definition) is 1. The summed E-state index contributed by atoms with van der Waals surface area (Å²) >= 11 is 9.31. The topological polar surface area (TPSA) is 79.3 Å². The molecule has 6 atom stereocenters. The van der Waals surface area contributed by atoms with Gasteiger partial charge in [0.2, 0.25) is 0 Å². The molecule has 2 aromatic rings. The number of hydrogen-bond acceptors (Lipinski definition) is 5. The van der Waals surface area contributed by atoms with E-state index in [0.29, 0.717) is 42.3 Å². The highest BCUT2D eigenvalue weighted by molar-refractivity contribution is 9.69. The number of nitrogens with zero attached hydrogens (tertiary/aromatic N) is 2. The number of fused-ring (bicyclic) bond motifs is 2. The number of ether oxygens (including phenoxy) is 2. The van der Waals surface area contributed by atoms with Gasteiger partial charge >= 0.3 is 15.4 Å².